The van der Waals surface area contributed by atoms with Gasteiger partial charge >= 0.3 is 0 Å². The number of aliphatic hydroxyl groups is 1. The third-order valence-corrected chi connectivity index (χ3v) is 3.29. The minimum absolute atomic E-state index is 0.272. The van der Waals surface area contributed by atoms with Gasteiger partial charge in [-0.05, 0) is 26.2 Å². The van der Waals surface area contributed by atoms with Crippen LogP contribution in [0.15, 0.2) is 0 Å². The van der Waals surface area contributed by atoms with Gasteiger partial charge in [-0.15, -0.1) is 0 Å². The summed E-state index contributed by atoms with van der Waals surface area (Å²) in [6.07, 6.45) is 7.45. The van der Waals surface area contributed by atoms with Crippen LogP contribution in [-0.2, 0) is 4.74 Å². The van der Waals surface area contributed by atoms with Crippen LogP contribution in [0.5, 0.6) is 0 Å². The van der Waals surface area contributed by atoms with Gasteiger partial charge in [0.1, 0.15) is 0 Å². The van der Waals surface area contributed by atoms with Gasteiger partial charge in [0.25, 0.3) is 0 Å². The van der Waals surface area contributed by atoms with Gasteiger partial charge in [-0.25, -0.2) is 0 Å². The molecule has 2 unspecified atom stereocenters. The number of unbranched alkanes of at least 4 members (excludes halogenated alkanes) is 1. The molecule has 1 aliphatic rings. The number of aliphatic hydroxyl groups excluding tert-OH is 1. The van der Waals surface area contributed by atoms with Crippen LogP contribution in [0, 0.1) is 0 Å². The molecule has 0 saturated carbocycles. The Labute approximate surface area is 87.7 Å². The minimum atomic E-state index is -0.277. The fourth-order valence-electron chi connectivity index (χ4n) is 2.10. The van der Waals surface area contributed by atoms with Crippen molar-refractivity contribution < 1.29 is 9.84 Å². The largest absolute Gasteiger partial charge is 0.390 e. The van der Waals surface area contributed by atoms with E-state index in [2.05, 4.69) is 13.8 Å². The smallest absolute Gasteiger partial charge is 0.0912 e. The lowest BCUT2D eigenvalue weighted by Gasteiger charge is -2.33. The second kappa shape index (κ2) is 5.72. The summed E-state index contributed by atoms with van der Waals surface area (Å²) in [5.41, 5.74) is -0.272. The van der Waals surface area contributed by atoms with Crippen LogP contribution in [0.1, 0.15) is 58.8 Å². The Morgan fingerprint density at radius 1 is 1.36 bits per heavy atom. The molecule has 84 valence electrons. The lowest BCUT2D eigenvalue weighted by molar-refractivity contribution is -0.113. The number of hydrogen-bond donors (Lipinski definition) is 1. The Kier molecular flexibility index (Phi) is 4.90. The molecular formula is C12H24O2. The zero-order valence-electron chi connectivity index (χ0n) is 9.59. The predicted molar refractivity (Wildman–Crippen MR) is 58.4 cm³/mol. The van der Waals surface area contributed by atoms with Crippen LogP contribution >= 0.6 is 0 Å². The molecule has 0 aromatic rings. The van der Waals surface area contributed by atoms with Gasteiger partial charge in [0.15, 0.2) is 0 Å². The zero-order valence-corrected chi connectivity index (χ0v) is 9.59. The lowest BCUT2D eigenvalue weighted by atomic mass is 9.90. The maximum Gasteiger partial charge on any atom is 0.0912 e. The Hall–Kier alpha value is -0.0800. The Bertz CT molecular complexity index is 148. The molecule has 1 heterocycles. The first kappa shape index (κ1) is 12.0. The highest BCUT2D eigenvalue weighted by Crippen LogP contribution is 2.29. The molecule has 14 heavy (non-hydrogen) atoms. The zero-order chi connectivity index (χ0) is 10.4. The Morgan fingerprint density at radius 3 is 2.86 bits per heavy atom. The third kappa shape index (κ3) is 3.25. The normalized spacial score (nSPS) is 31.1. The van der Waals surface area contributed by atoms with Crippen molar-refractivity contribution in [3.05, 3.63) is 0 Å². The molecule has 1 N–H and O–H groups in total. The summed E-state index contributed by atoms with van der Waals surface area (Å²) in [5, 5.41) is 10.1. The van der Waals surface area contributed by atoms with Crippen molar-refractivity contribution in [1.82, 2.24) is 0 Å². The molecule has 1 saturated heterocycles. The number of ether oxygens (including phenoxy) is 1. The third-order valence-electron chi connectivity index (χ3n) is 3.29. The first-order valence-corrected chi connectivity index (χ1v) is 6.01. The molecule has 0 amide bonds. The van der Waals surface area contributed by atoms with Gasteiger partial charge in [-0.2, -0.15) is 0 Å². The summed E-state index contributed by atoms with van der Waals surface area (Å²) in [5.74, 6) is 0. The van der Waals surface area contributed by atoms with E-state index in [9.17, 15) is 5.11 Å². The molecule has 1 aliphatic heterocycles. The quantitative estimate of drug-likeness (QED) is 0.756. The second-order valence-electron chi connectivity index (χ2n) is 4.63. The van der Waals surface area contributed by atoms with Gasteiger partial charge in [0.05, 0.1) is 11.7 Å². The summed E-state index contributed by atoms with van der Waals surface area (Å²) in [6.45, 7) is 5.04. The van der Waals surface area contributed by atoms with E-state index < -0.39 is 0 Å². The van der Waals surface area contributed by atoms with Crippen molar-refractivity contribution in [1.29, 1.82) is 0 Å². The molecule has 0 bridgehead atoms. The number of rotatable bonds is 4. The van der Waals surface area contributed by atoms with Gasteiger partial charge in [0.2, 0.25) is 0 Å². The van der Waals surface area contributed by atoms with E-state index in [1.54, 1.807) is 0 Å². The molecule has 0 aromatic carbocycles. The first-order valence-electron chi connectivity index (χ1n) is 6.01. The summed E-state index contributed by atoms with van der Waals surface area (Å²) >= 11 is 0. The average Bonchev–Trinajstić information content (AvgIpc) is 2.40. The molecule has 2 heteroatoms. The second-order valence-corrected chi connectivity index (χ2v) is 4.63. The highest BCUT2D eigenvalue weighted by atomic mass is 16.5. The van der Waals surface area contributed by atoms with E-state index in [0.29, 0.717) is 0 Å². The topological polar surface area (TPSA) is 29.5 Å². The summed E-state index contributed by atoms with van der Waals surface area (Å²) < 4.78 is 5.80. The van der Waals surface area contributed by atoms with Crippen molar-refractivity contribution in [3.63, 3.8) is 0 Å². The maximum absolute atomic E-state index is 10.1. The summed E-state index contributed by atoms with van der Waals surface area (Å²) in [7, 11) is 0. The summed E-state index contributed by atoms with van der Waals surface area (Å²) in [6, 6.07) is 0. The summed E-state index contributed by atoms with van der Waals surface area (Å²) in [4.78, 5) is 0. The SMILES string of the molecule is CCCCC(O)C1(C)CCCCCO1. The van der Waals surface area contributed by atoms with Crippen LogP contribution in [0.25, 0.3) is 0 Å². The first-order chi connectivity index (χ1) is 6.69. The van der Waals surface area contributed by atoms with Crippen molar-refractivity contribution in [2.75, 3.05) is 6.61 Å². The molecule has 0 aromatic heterocycles. The van der Waals surface area contributed by atoms with Crippen molar-refractivity contribution in [2.24, 2.45) is 0 Å². The maximum atomic E-state index is 10.1. The van der Waals surface area contributed by atoms with E-state index in [4.69, 9.17) is 4.74 Å². The average molecular weight is 200 g/mol. The van der Waals surface area contributed by atoms with E-state index in [1.165, 1.54) is 12.8 Å². The minimum Gasteiger partial charge on any atom is -0.390 e. The molecule has 1 fully saturated rings. The van der Waals surface area contributed by atoms with Crippen LogP contribution in [0.4, 0.5) is 0 Å². The standard InChI is InChI=1S/C12H24O2/c1-3-4-8-11(13)12(2)9-6-5-7-10-14-12/h11,13H,3-10H2,1-2H3. The molecule has 2 atom stereocenters. The van der Waals surface area contributed by atoms with Crippen LogP contribution in [0.3, 0.4) is 0 Å². The fraction of sp³-hybridized carbons (Fsp3) is 1.00. The van der Waals surface area contributed by atoms with Crippen LogP contribution < -0.4 is 0 Å². The predicted octanol–water partition coefficient (Wildman–Crippen LogP) is 2.89. The molecule has 0 spiro atoms. The van der Waals surface area contributed by atoms with E-state index in [-0.39, 0.29) is 11.7 Å². The molecule has 0 aliphatic carbocycles. The monoisotopic (exact) mass is 200 g/mol. The molecule has 0 radical (unpaired) electrons. The molecule has 2 nitrogen and oxygen atoms in total. The van der Waals surface area contributed by atoms with Crippen LogP contribution in [0.2, 0.25) is 0 Å². The van der Waals surface area contributed by atoms with Gasteiger partial charge in [0, 0.05) is 6.61 Å². The Morgan fingerprint density at radius 2 is 2.14 bits per heavy atom. The highest BCUT2D eigenvalue weighted by Gasteiger charge is 2.33. The van der Waals surface area contributed by atoms with Gasteiger partial charge < -0.3 is 9.84 Å². The van der Waals surface area contributed by atoms with E-state index >= 15 is 0 Å². The molecule has 1 rings (SSSR count). The fourth-order valence-corrected chi connectivity index (χ4v) is 2.10. The van der Waals surface area contributed by atoms with Crippen LogP contribution in [-0.4, -0.2) is 23.4 Å². The lowest BCUT2D eigenvalue weighted by Crippen LogP contribution is -2.41. The van der Waals surface area contributed by atoms with Gasteiger partial charge in [-0.1, -0.05) is 32.6 Å². The van der Waals surface area contributed by atoms with E-state index in [0.717, 1.165) is 38.7 Å². The number of hydrogen-bond acceptors (Lipinski definition) is 2. The van der Waals surface area contributed by atoms with Gasteiger partial charge in [-0.3, -0.25) is 0 Å². The van der Waals surface area contributed by atoms with Crippen molar-refractivity contribution in [2.45, 2.75) is 70.5 Å². The van der Waals surface area contributed by atoms with Crippen molar-refractivity contribution in [3.8, 4) is 0 Å². The Balaban J connectivity index is 2.43. The highest BCUT2D eigenvalue weighted by molar-refractivity contribution is 4.85. The van der Waals surface area contributed by atoms with Crippen molar-refractivity contribution >= 4 is 0 Å². The van der Waals surface area contributed by atoms with E-state index in [1.807, 2.05) is 0 Å². The molecular weight excluding hydrogens is 176 g/mol.